The van der Waals surface area contributed by atoms with Crippen LogP contribution in [-0.2, 0) is 0 Å². The first-order chi connectivity index (χ1) is 13.2. The monoisotopic (exact) mass is 364 g/mol. The van der Waals surface area contributed by atoms with Gasteiger partial charge in [0.2, 0.25) is 0 Å². The highest BCUT2D eigenvalue weighted by Crippen LogP contribution is 2.28. The van der Waals surface area contributed by atoms with E-state index in [9.17, 15) is 4.79 Å². The standard InChI is InChI=1S/C20H20N4O3/c1-3-27-18-10-6-4-8-14(18)13-21-24-20(25)17-12-16(22-23-17)15-9-5-7-11-19(15)26-2/h4-13H,3H2,1-2H3,(H,22,23)(H,24,25)/b21-13+. The van der Waals surface area contributed by atoms with Gasteiger partial charge in [0.1, 0.15) is 17.2 Å². The van der Waals surface area contributed by atoms with Crippen molar-refractivity contribution in [2.75, 3.05) is 13.7 Å². The average molecular weight is 364 g/mol. The Morgan fingerprint density at radius 2 is 1.93 bits per heavy atom. The molecule has 0 fully saturated rings. The van der Waals surface area contributed by atoms with Gasteiger partial charge in [0, 0.05) is 11.1 Å². The third kappa shape index (κ3) is 4.33. The van der Waals surface area contributed by atoms with Crippen molar-refractivity contribution in [3.63, 3.8) is 0 Å². The first-order valence-corrected chi connectivity index (χ1v) is 8.47. The van der Waals surface area contributed by atoms with Gasteiger partial charge in [-0.3, -0.25) is 9.89 Å². The number of hydrazone groups is 1. The minimum absolute atomic E-state index is 0.297. The van der Waals surface area contributed by atoms with Gasteiger partial charge >= 0.3 is 0 Å². The molecule has 1 heterocycles. The number of hydrogen-bond donors (Lipinski definition) is 2. The van der Waals surface area contributed by atoms with E-state index in [1.165, 1.54) is 0 Å². The Morgan fingerprint density at radius 3 is 2.70 bits per heavy atom. The number of aromatic nitrogens is 2. The minimum atomic E-state index is -0.395. The summed E-state index contributed by atoms with van der Waals surface area (Å²) in [5.74, 6) is 0.994. The maximum absolute atomic E-state index is 12.3. The third-order valence-corrected chi connectivity index (χ3v) is 3.79. The zero-order valence-electron chi connectivity index (χ0n) is 15.1. The van der Waals surface area contributed by atoms with E-state index < -0.39 is 5.91 Å². The summed E-state index contributed by atoms with van der Waals surface area (Å²) >= 11 is 0. The Kier molecular flexibility index (Phi) is 5.84. The molecule has 2 aromatic carbocycles. The van der Waals surface area contributed by atoms with Gasteiger partial charge in [-0.05, 0) is 37.3 Å². The Bertz CT molecular complexity index is 950. The number of benzene rings is 2. The lowest BCUT2D eigenvalue weighted by Crippen LogP contribution is -2.18. The van der Waals surface area contributed by atoms with Gasteiger partial charge in [0.15, 0.2) is 0 Å². The van der Waals surface area contributed by atoms with Crippen LogP contribution in [0.3, 0.4) is 0 Å². The van der Waals surface area contributed by atoms with Crippen molar-refractivity contribution >= 4 is 12.1 Å². The van der Waals surface area contributed by atoms with Crippen LogP contribution in [0.5, 0.6) is 11.5 Å². The van der Waals surface area contributed by atoms with Gasteiger partial charge in [-0.1, -0.05) is 24.3 Å². The van der Waals surface area contributed by atoms with Crippen LogP contribution >= 0.6 is 0 Å². The number of methoxy groups -OCH3 is 1. The number of carbonyl (C=O) groups is 1. The highest BCUT2D eigenvalue weighted by Gasteiger charge is 2.13. The molecule has 0 saturated heterocycles. The molecule has 1 aromatic heterocycles. The number of H-pyrrole nitrogens is 1. The predicted octanol–water partition coefficient (Wildman–Crippen LogP) is 3.25. The van der Waals surface area contributed by atoms with Crippen molar-refractivity contribution in [2.45, 2.75) is 6.92 Å². The summed E-state index contributed by atoms with van der Waals surface area (Å²) in [6, 6.07) is 16.6. The van der Waals surface area contributed by atoms with Gasteiger partial charge in [0.25, 0.3) is 5.91 Å². The Hall–Kier alpha value is -3.61. The van der Waals surface area contributed by atoms with E-state index in [2.05, 4.69) is 20.7 Å². The Morgan fingerprint density at radius 1 is 1.19 bits per heavy atom. The maximum atomic E-state index is 12.3. The fraction of sp³-hybridized carbons (Fsp3) is 0.150. The molecule has 3 aromatic rings. The first kappa shape index (κ1) is 18.2. The lowest BCUT2D eigenvalue weighted by Gasteiger charge is -2.05. The predicted molar refractivity (Wildman–Crippen MR) is 103 cm³/mol. The fourth-order valence-electron chi connectivity index (χ4n) is 2.53. The summed E-state index contributed by atoms with van der Waals surface area (Å²) in [7, 11) is 1.59. The highest BCUT2D eigenvalue weighted by molar-refractivity contribution is 5.94. The molecule has 0 bridgehead atoms. The van der Waals surface area contributed by atoms with Crippen LogP contribution in [0.4, 0.5) is 0 Å². The van der Waals surface area contributed by atoms with Crippen LogP contribution < -0.4 is 14.9 Å². The van der Waals surface area contributed by atoms with E-state index in [-0.39, 0.29) is 0 Å². The number of ether oxygens (including phenoxy) is 2. The Balaban J connectivity index is 1.70. The first-order valence-electron chi connectivity index (χ1n) is 8.47. The van der Waals surface area contributed by atoms with E-state index in [0.29, 0.717) is 29.5 Å². The normalized spacial score (nSPS) is 10.7. The molecule has 7 nitrogen and oxygen atoms in total. The van der Waals surface area contributed by atoms with Crippen molar-refractivity contribution < 1.29 is 14.3 Å². The van der Waals surface area contributed by atoms with Gasteiger partial charge < -0.3 is 9.47 Å². The minimum Gasteiger partial charge on any atom is -0.496 e. The van der Waals surface area contributed by atoms with E-state index in [1.54, 1.807) is 19.4 Å². The molecule has 0 unspecified atom stereocenters. The molecular formula is C20H20N4O3. The topological polar surface area (TPSA) is 88.6 Å². The van der Waals surface area contributed by atoms with Gasteiger partial charge in [-0.2, -0.15) is 10.2 Å². The second-order valence-corrected chi connectivity index (χ2v) is 5.54. The molecule has 0 aliphatic heterocycles. The highest BCUT2D eigenvalue weighted by atomic mass is 16.5. The number of carbonyl (C=O) groups excluding carboxylic acids is 1. The van der Waals surface area contributed by atoms with Gasteiger partial charge in [-0.25, -0.2) is 5.43 Å². The quantitative estimate of drug-likeness (QED) is 0.497. The van der Waals surface area contributed by atoms with Crippen molar-refractivity contribution in [1.82, 2.24) is 15.6 Å². The largest absolute Gasteiger partial charge is 0.496 e. The SMILES string of the molecule is CCOc1ccccc1/C=N/NC(=O)c1cc(-c2ccccc2OC)n[nH]1. The number of amides is 1. The summed E-state index contributed by atoms with van der Waals surface area (Å²) in [4.78, 5) is 12.3. The summed E-state index contributed by atoms with van der Waals surface area (Å²) in [6.45, 7) is 2.46. The van der Waals surface area contributed by atoms with Crippen LogP contribution in [-0.4, -0.2) is 36.0 Å². The van der Waals surface area contributed by atoms with Crippen LogP contribution in [0.1, 0.15) is 23.0 Å². The molecule has 7 heteroatoms. The van der Waals surface area contributed by atoms with E-state index in [0.717, 1.165) is 11.1 Å². The summed E-state index contributed by atoms with van der Waals surface area (Å²) in [5.41, 5.74) is 4.97. The van der Waals surface area contributed by atoms with Crippen molar-refractivity contribution in [1.29, 1.82) is 0 Å². The zero-order chi connectivity index (χ0) is 19.1. The molecule has 0 saturated carbocycles. The second-order valence-electron chi connectivity index (χ2n) is 5.54. The number of aromatic amines is 1. The number of para-hydroxylation sites is 2. The van der Waals surface area contributed by atoms with E-state index >= 15 is 0 Å². The van der Waals surface area contributed by atoms with E-state index in [1.807, 2.05) is 55.5 Å². The van der Waals surface area contributed by atoms with Crippen molar-refractivity contribution in [2.24, 2.45) is 5.10 Å². The summed E-state index contributed by atoms with van der Waals surface area (Å²) in [5, 5.41) is 10.9. The molecular weight excluding hydrogens is 344 g/mol. The summed E-state index contributed by atoms with van der Waals surface area (Å²) in [6.07, 6.45) is 1.54. The molecule has 0 aliphatic rings. The Labute approximate surface area is 157 Å². The smallest absolute Gasteiger partial charge is 0.289 e. The lowest BCUT2D eigenvalue weighted by molar-refractivity contribution is 0.0950. The molecule has 0 atom stereocenters. The average Bonchev–Trinajstić information content (AvgIpc) is 3.19. The van der Waals surface area contributed by atoms with Crippen molar-refractivity contribution in [3.8, 4) is 22.8 Å². The molecule has 138 valence electrons. The van der Waals surface area contributed by atoms with Crippen molar-refractivity contribution in [3.05, 3.63) is 65.9 Å². The van der Waals surface area contributed by atoms with Crippen LogP contribution in [0, 0.1) is 0 Å². The lowest BCUT2D eigenvalue weighted by atomic mass is 10.1. The molecule has 0 aliphatic carbocycles. The fourth-order valence-corrected chi connectivity index (χ4v) is 2.53. The third-order valence-electron chi connectivity index (χ3n) is 3.79. The molecule has 27 heavy (non-hydrogen) atoms. The zero-order valence-corrected chi connectivity index (χ0v) is 15.1. The maximum Gasteiger partial charge on any atom is 0.289 e. The number of hydrogen-bond acceptors (Lipinski definition) is 5. The van der Waals surface area contributed by atoms with Gasteiger partial charge in [0.05, 0.1) is 25.6 Å². The van der Waals surface area contributed by atoms with Crippen LogP contribution in [0.15, 0.2) is 59.7 Å². The van der Waals surface area contributed by atoms with E-state index in [4.69, 9.17) is 9.47 Å². The number of nitrogens with zero attached hydrogens (tertiary/aromatic N) is 2. The number of rotatable bonds is 7. The molecule has 0 spiro atoms. The van der Waals surface area contributed by atoms with Gasteiger partial charge in [-0.15, -0.1) is 0 Å². The second kappa shape index (κ2) is 8.66. The van der Waals surface area contributed by atoms with Crippen LogP contribution in [0.25, 0.3) is 11.3 Å². The molecule has 2 N–H and O–H groups in total. The molecule has 0 radical (unpaired) electrons. The number of nitrogens with one attached hydrogen (secondary N) is 2. The van der Waals surface area contributed by atoms with Crippen LogP contribution in [0.2, 0.25) is 0 Å². The molecule has 3 rings (SSSR count). The molecule has 1 amide bonds. The summed E-state index contributed by atoms with van der Waals surface area (Å²) < 4.78 is 10.8.